The molecule has 0 aliphatic heterocycles. The molecule has 96 valence electrons. The summed E-state index contributed by atoms with van der Waals surface area (Å²) in [6.45, 7) is 5.53. The highest BCUT2D eigenvalue weighted by Gasteiger charge is 2.18. The first-order valence-corrected chi connectivity index (χ1v) is 6.17. The van der Waals surface area contributed by atoms with Gasteiger partial charge in [-0.1, -0.05) is 25.1 Å². The Kier molecular flexibility index (Phi) is 6.01. The minimum atomic E-state index is -0.00657. The number of benzene rings is 1. The molecule has 1 aromatic rings. The van der Waals surface area contributed by atoms with Crippen molar-refractivity contribution in [1.29, 1.82) is 0 Å². The molecule has 17 heavy (non-hydrogen) atoms. The van der Waals surface area contributed by atoms with Crippen molar-refractivity contribution in [3.63, 3.8) is 0 Å². The fourth-order valence-corrected chi connectivity index (χ4v) is 1.83. The number of methoxy groups -OCH3 is 1. The molecule has 2 N–H and O–H groups in total. The molecule has 2 atom stereocenters. The van der Waals surface area contributed by atoms with Crippen molar-refractivity contribution in [3.05, 3.63) is 29.8 Å². The SMILES string of the molecule is CCOc1ccccc1C(N)C(C)CCOC. The minimum Gasteiger partial charge on any atom is -0.494 e. The summed E-state index contributed by atoms with van der Waals surface area (Å²) in [6, 6.07) is 7.98. The molecule has 0 aromatic heterocycles. The number of hydrogen-bond acceptors (Lipinski definition) is 3. The predicted molar refractivity (Wildman–Crippen MR) is 70.2 cm³/mol. The van der Waals surface area contributed by atoms with Gasteiger partial charge >= 0.3 is 0 Å². The van der Waals surface area contributed by atoms with Gasteiger partial charge in [-0.05, 0) is 25.3 Å². The number of para-hydroxylation sites is 1. The summed E-state index contributed by atoms with van der Waals surface area (Å²) in [5.74, 6) is 1.27. The quantitative estimate of drug-likeness (QED) is 0.793. The summed E-state index contributed by atoms with van der Waals surface area (Å²) in [4.78, 5) is 0. The summed E-state index contributed by atoms with van der Waals surface area (Å²) in [5.41, 5.74) is 7.36. The van der Waals surface area contributed by atoms with Crippen molar-refractivity contribution in [2.75, 3.05) is 20.3 Å². The molecule has 0 amide bonds. The second kappa shape index (κ2) is 7.30. The molecule has 3 nitrogen and oxygen atoms in total. The molecule has 0 aliphatic rings. The van der Waals surface area contributed by atoms with Crippen LogP contribution in [0.2, 0.25) is 0 Å². The van der Waals surface area contributed by atoms with E-state index in [2.05, 4.69) is 6.92 Å². The van der Waals surface area contributed by atoms with Crippen LogP contribution in [-0.4, -0.2) is 20.3 Å². The Morgan fingerprint density at radius 2 is 2.00 bits per heavy atom. The van der Waals surface area contributed by atoms with Gasteiger partial charge in [-0.2, -0.15) is 0 Å². The van der Waals surface area contributed by atoms with E-state index in [9.17, 15) is 0 Å². The third-order valence-corrected chi connectivity index (χ3v) is 2.97. The average Bonchev–Trinajstić information content (AvgIpc) is 2.36. The van der Waals surface area contributed by atoms with Crippen LogP contribution >= 0.6 is 0 Å². The maximum Gasteiger partial charge on any atom is 0.124 e. The Hall–Kier alpha value is -1.06. The van der Waals surface area contributed by atoms with E-state index in [0.29, 0.717) is 12.5 Å². The molecular formula is C14H23NO2. The van der Waals surface area contributed by atoms with Crippen LogP contribution in [0.25, 0.3) is 0 Å². The maximum atomic E-state index is 6.27. The van der Waals surface area contributed by atoms with Gasteiger partial charge in [-0.25, -0.2) is 0 Å². The first kappa shape index (κ1) is 14.0. The van der Waals surface area contributed by atoms with Crippen LogP contribution in [0.1, 0.15) is 31.9 Å². The Balaban J connectivity index is 2.76. The van der Waals surface area contributed by atoms with Crippen molar-refractivity contribution in [2.24, 2.45) is 11.7 Å². The van der Waals surface area contributed by atoms with Gasteiger partial charge in [0.05, 0.1) is 6.61 Å². The van der Waals surface area contributed by atoms with Gasteiger partial charge in [0, 0.05) is 25.3 Å². The molecule has 0 aliphatic carbocycles. The highest BCUT2D eigenvalue weighted by atomic mass is 16.5. The van der Waals surface area contributed by atoms with E-state index in [1.165, 1.54) is 0 Å². The smallest absolute Gasteiger partial charge is 0.124 e. The molecule has 2 unspecified atom stereocenters. The summed E-state index contributed by atoms with van der Waals surface area (Å²) >= 11 is 0. The Morgan fingerprint density at radius 1 is 1.29 bits per heavy atom. The van der Waals surface area contributed by atoms with Crippen LogP contribution in [-0.2, 0) is 4.74 Å². The van der Waals surface area contributed by atoms with Gasteiger partial charge in [-0.15, -0.1) is 0 Å². The van der Waals surface area contributed by atoms with Crippen molar-refractivity contribution in [2.45, 2.75) is 26.3 Å². The third kappa shape index (κ3) is 4.02. The molecule has 1 aromatic carbocycles. The Labute approximate surface area is 104 Å². The lowest BCUT2D eigenvalue weighted by Gasteiger charge is -2.22. The second-order valence-electron chi connectivity index (χ2n) is 4.26. The molecule has 0 fully saturated rings. The summed E-state index contributed by atoms with van der Waals surface area (Å²) < 4.78 is 10.7. The fourth-order valence-electron chi connectivity index (χ4n) is 1.83. The van der Waals surface area contributed by atoms with Crippen LogP contribution in [0.3, 0.4) is 0 Å². The lowest BCUT2D eigenvalue weighted by Crippen LogP contribution is -2.21. The summed E-state index contributed by atoms with van der Waals surface area (Å²) in [6.07, 6.45) is 0.956. The zero-order valence-electron chi connectivity index (χ0n) is 11.0. The van der Waals surface area contributed by atoms with E-state index in [0.717, 1.165) is 24.3 Å². The van der Waals surface area contributed by atoms with E-state index in [1.54, 1.807) is 7.11 Å². The standard InChI is InChI=1S/C14H23NO2/c1-4-17-13-8-6-5-7-12(13)14(15)11(2)9-10-16-3/h5-8,11,14H,4,9-10,15H2,1-3H3. The van der Waals surface area contributed by atoms with E-state index in [1.807, 2.05) is 31.2 Å². The van der Waals surface area contributed by atoms with Gasteiger partial charge in [0.15, 0.2) is 0 Å². The molecule has 1 rings (SSSR count). The van der Waals surface area contributed by atoms with Gasteiger partial charge in [0.2, 0.25) is 0 Å². The topological polar surface area (TPSA) is 44.5 Å². The second-order valence-corrected chi connectivity index (χ2v) is 4.26. The van der Waals surface area contributed by atoms with Crippen LogP contribution in [0.5, 0.6) is 5.75 Å². The van der Waals surface area contributed by atoms with E-state index < -0.39 is 0 Å². The zero-order chi connectivity index (χ0) is 12.7. The first-order chi connectivity index (χ1) is 8.20. The number of nitrogens with two attached hydrogens (primary N) is 1. The van der Waals surface area contributed by atoms with E-state index >= 15 is 0 Å². The average molecular weight is 237 g/mol. The van der Waals surface area contributed by atoms with Crippen LogP contribution in [0, 0.1) is 5.92 Å². The molecule has 0 heterocycles. The van der Waals surface area contributed by atoms with Crippen LogP contribution in [0.15, 0.2) is 24.3 Å². The molecule has 0 spiro atoms. The number of ether oxygens (including phenoxy) is 2. The molecule has 0 radical (unpaired) electrons. The monoisotopic (exact) mass is 237 g/mol. The van der Waals surface area contributed by atoms with Crippen molar-refractivity contribution in [1.82, 2.24) is 0 Å². The summed E-state index contributed by atoms with van der Waals surface area (Å²) in [5, 5.41) is 0. The largest absolute Gasteiger partial charge is 0.494 e. The van der Waals surface area contributed by atoms with E-state index in [4.69, 9.17) is 15.2 Å². The highest BCUT2D eigenvalue weighted by molar-refractivity contribution is 5.36. The van der Waals surface area contributed by atoms with E-state index in [-0.39, 0.29) is 6.04 Å². The lowest BCUT2D eigenvalue weighted by molar-refractivity contribution is 0.174. The van der Waals surface area contributed by atoms with Crippen molar-refractivity contribution < 1.29 is 9.47 Å². The third-order valence-electron chi connectivity index (χ3n) is 2.97. The van der Waals surface area contributed by atoms with Gasteiger partial charge < -0.3 is 15.2 Å². The Morgan fingerprint density at radius 3 is 2.65 bits per heavy atom. The number of hydrogen-bond donors (Lipinski definition) is 1. The fraction of sp³-hybridized carbons (Fsp3) is 0.571. The van der Waals surface area contributed by atoms with Crippen LogP contribution < -0.4 is 10.5 Å². The molecule has 0 bridgehead atoms. The van der Waals surface area contributed by atoms with Gasteiger partial charge in [0.1, 0.15) is 5.75 Å². The molecule has 3 heteroatoms. The van der Waals surface area contributed by atoms with Gasteiger partial charge in [-0.3, -0.25) is 0 Å². The predicted octanol–water partition coefficient (Wildman–Crippen LogP) is 2.76. The van der Waals surface area contributed by atoms with Crippen molar-refractivity contribution >= 4 is 0 Å². The molecule has 0 saturated heterocycles. The maximum absolute atomic E-state index is 6.27. The Bertz CT molecular complexity index is 328. The molecular weight excluding hydrogens is 214 g/mol. The summed E-state index contributed by atoms with van der Waals surface area (Å²) in [7, 11) is 1.71. The highest BCUT2D eigenvalue weighted by Crippen LogP contribution is 2.29. The first-order valence-electron chi connectivity index (χ1n) is 6.17. The molecule has 0 saturated carbocycles. The van der Waals surface area contributed by atoms with Crippen LogP contribution in [0.4, 0.5) is 0 Å². The zero-order valence-corrected chi connectivity index (χ0v) is 11.0. The normalized spacial score (nSPS) is 14.4. The number of rotatable bonds is 7. The van der Waals surface area contributed by atoms with Crippen molar-refractivity contribution in [3.8, 4) is 5.75 Å². The van der Waals surface area contributed by atoms with Gasteiger partial charge in [0.25, 0.3) is 0 Å². The lowest BCUT2D eigenvalue weighted by atomic mass is 9.92. The minimum absolute atomic E-state index is 0.00657.